The molecule has 1 saturated heterocycles. The molecule has 6 rings (SSSR count). The summed E-state index contributed by atoms with van der Waals surface area (Å²) in [5, 5.41) is 0. The number of para-hydroxylation sites is 1. The van der Waals surface area contributed by atoms with Gasteiger partial charge in [-0.1, -0.05) is 48.5 Å². The van der Waals surface area contributed by atoms with Gasteiger partial charge in [0, 0.05) is 56.0 Å². The predicted molar refractivity (Wildman–Crippen MR) is 149 cm³/mol. The molecule has 0 aromatic heterocycles. The Hall–Kier alpha value is -3.97. The van der Waals surface area contributed by atoms with E-state index in [1.807, 2.05) is 12.1 Å². The lowest BCUT2D eigenvalue weighted by Gasteiger charge is -2.36. The number of ketones is 2. The summed E-state index contributed by atoms with van der Waals surface area (Å²) in [6.07, 6.45) is 0.677. The van der Waals surface area contributed by atoms with Crippen molar-refractivity contribution in [2.24, 2.45) is 0 Å². The minimum Gasteiger partial charge on any atom is -0.489 e. The third kappa shape index (κ3) is 5.45. The van der Waals surface area contributed by atoms with Crippen LogP contribution >= 0.6 is 0 Å². The van der Waals surface area contributed by atoms with E-state index in [2.05, 4.69) is 64.4 Å². The summed E-state index contributed by atoms with van der Waals surface area (Å²) >= 11 is 0. The fourth-order valence-corrected chi connectivity index (χ4v) is 5.86. The minimum atomic E-state index is -0.524. The van der Waals surface area contributed by atoms with Crippen molar-refractivity contribution in [3.05, 3.63) is 95.1 Å². The summed E-state index contributed by atoms with van der Waals surface area (Å²) < 4.78 is 6.17. The standard InChI is InChI=1S/C32H33N3O4/c36-26-13-14-29(30(37)19-26)35-21-28-27(32(35)38)7-4-8-31(28)39-22-24-11-9-23(10-12-24)20-33-15-17-34(18-16-33)25-5-2-1-3-6-25/h1-12,29H,13-22H2. The second-order valence-electron chi connectivity index (χ2n) is 10.7. The zero-order valence-corrected chi connectivity index (χ0v) is 22.1. The lowest BCUT2D eigenvalue weighted by molar-refractivity contribution is -0.133. The number of hydrogen-bond acceptors (Lipinski definition) is 6. The number of Topliss-reactive ketones (excluding diaryl/α,β-unsaturated/α-hetero) is 2. The van der Waals surface area contributed by atoms with Gasteiger partial charge in [-0.05, 0) is 41.8 Å². The van der Waals surface area contributed by atoms with Gasteiger partial charge in [-0.2, -0.15) is 0 Å². The highest BCUT2D eigenvalue weighted by atomic mass is 16.5. The second-order valence-corrected chi connectivity index (χ2v) is 10.7. The van der Waals surface area contributed by atoms with Crippen molar-refractivity contribution in [1.82, 2.24) is 9.80 Å². The molecule has 7 nitrogen and oxygen atoms in total. The van der Waals surface area contributed by atoms with Gasteiger partial charge in [-0.3, -0.25) is 19.3 Å². The van der Waals surface area contributed by atoms with E-state index >= 15 is 0 Å². The molecule has 0 bridgehead atoms. The highest BCUT2D eigenvalue weighted by Crippen LogP contribution is 2.34. The van der Waals surface area contributed by atoms with Gasteiger partial charge in [0.05, 0.1) is 19.0 Å². The summed E-state index contributed by atoms with van der Waals surface area (Å²) in [4.78, 5) is 43.7. The molecular formula is C32H33N3O4. The van der Waals surface area contributed by atoms with Crippen molar-refractivity contribution in [3.8, 4) is 5.75 Å². The zero-order chi connectivity index (χ0) is 26.8. The largest absolute Gasteiger partial charge is 0.489 e. The van der Waals surface area contributed by atoms with Crippen LogP contribution < -0.4 is 9.64 Å². The molecule has 1 atom stereocenters. The highest BCUT2D eigenvalue weighted by molar-refractivity contribution is 6.07. The van der Waals surface area contributed by atoms with E-state index < -0.39 is 6.04 Å². The number of fused-ring (bicyclic) bond motifs is 1. The van der Waals surface area contributed by atoms with Crippen LogP contribution in [-0.4, -0.2) is 59.5 Å². The second kappa shape index (κ2) is 11.0. The van der Waals surface area contributed by atoms with Gasteiger partial charge in [0.15, 0.2) is 5.78 Å². The number of benzene rings is 3. The Kier molecular flexibility index (Phi) is 7.16. The van der Waals surface area contributed by atoms with Crippen LogP contribution in [0.3, 0.4) is 0 Å². The SMILES string of the molecule is O=C1CCC(N2Cc3c(OCc4ccc(CN5CCN(c6ccccc6)CC5)cc4)cccc3C2=O)C(=O)C1. The Bertz CT molecular complexity index is 1360. The van der Waals surface area contributed by atoms with Crippen molar-refractivity contribution >= 4 is 23.2 Å². The molecule has 0 N–H and O–H groups in total. The first-order valence-electron chi connectivity index (χ1n) is 13.8. The molecule has 7 heteroatoms. The van der Waals surface area contributed by atoms with E-state index in [0.717, 1.165) is 43.9 Å². The molecule has 1 amide bonds. The molecular weight excluding hydrogens is 490 g/mol. The number of piperazine rings is 1. The van der Waals surface area contributed by atoms with E-state index in [1.165, 1.54) is 11.3 Å². The van der Waals surface area contributed by atoms with Crippen LogP contribution in [0.25, 0.3) is 0 Å². The first kappa shape index (κ1) is 25.3. The molecule has 3 aromatic carbocycles. The van der Waals surface area contributed by atoms with Crippen molar-refractivity contribution in [3.63, 3.8) is 0 Å². The van der Waals surface area contributed by atoms with Crippen LogP contribution in [0.4, 0.5) is 5.69 Å². The number of carbonyl (C=O) groups excluding carboxylic acids is 3. The molecule has 0 spiro atoms. The number of ether oxygens (including phenoxy) is 1. The summed E-state index contributed by atoms with van der Waals surface area (Å²) in [5.74, 6) is 0.314. The van der Waals surface area contributed by atoms with Gasteiger partial charge < -0.3 is 14.5 Å². The van der Waals surface area contributed by atoms with Gasteiger partial charge >= 0.3 is 0 Å². The minimum absolute atomic E-state index is 0.0407. The van der Waals surface area contributed by atoms with Crippen LogP contribution in [0.1, 0.15) is 46.3 Å². The average molecular weight is 524 g/mol. The molecule has 1 saturated carbocycles. The van der Waals surface area contributed by atoms with Crippen LogP contribution in [0.2, 0.25) is 0 Å². The van der Waals surface area contributed by atoms with Gasteiger partial charge in [0.1, 0.15) is 18.1 Å². The third-order valence-electron chi connectivity index (χ3n) is 8.09. The summed E-state index contributed by atoms with van der Waals surface area (Å²) in [6, 6.07) is 24.1. The first-order chi connectivity index (χ1) is 19.0. The number of amides is 1. The molecule has 2 aliphatic heterocycles. The van der Waals surface area contributed by atoms with Crippen molar-refractivity contribution in [2.75, 3.05) is 31.1 Å². The third-order valence-corrected chi connectivity index (χ3v) is 8.09. The number of carbonyl (C=O) groups is 3. The Morgan fingerprint density at radius 2 is 1.54 bits per heavy atom. The van der Waals surface area contributed by atoms with Crippen molar-refractivity contribution in [2.45, 2.75) is 45.0 Å². The smallest absolute Gasteiger partial charge is 0.255 e. The molecule has 0 radical (unpaired) electrons. The number of rotatable bonds is 7. The Morgan fingerprint density at radius 3 is 2.28 bits per heavy atom. The van der Waals surface area contributed by atoms with Crippen LogP contribution in [0.5, 0.6) is 5.75 Å². The molecule has 1 unspecified atom stereocenters. The average Bonchev–Trinajstić information content (AvgIpc) is 3.30. The van der Waals surface area contributed by atoms with Gasteiger partial charge in [0.2, 0.25) is 0 Å². The zero-order valence-electron chi connectivity index (χ0n) is 22.1. The fourth-order valence-electron chi connectivity index (χ4n) is 5.86. The maximum atomic E-state index is 13.1. The molecule has 3 aliphatic rings. The Morgan fingerprint density at radius 1 is 0.795 bits per heavy atom. The summed E-state index contributed by atoms with van der Waals surface area (Å²) in [7, 11) is 0. The van der Waals surface area contributed by atoms with Gasteiger partial charge in [-0.15, -0.1) is 0 Å². The predicted octanol–water partition coefficient (Wildman–Crippen LogP) is 4.23. The molecule has 39 heavy (non-hydrogen) atoms. The van der Waals surface area contributed by atoms with Crippen LogP contribution in [0, 0.1) is 0 Å². The van der Waals surface area contributed by atoms with Crippen LogP contribution in [-0.2, 0) is 29.3 Å². The van der Waals surface area contributed by atoms with E-state index in [0.29, 0.717) is 37.3 Å². The van der Waals surface area contributed by atoms with Crippen molar-refractivity contribution in [1.29, 1.82) is 0 Å². The van der Waals surface area contributed by atoms with Crippen LogP contribution in [0.15, 0.2) is 72.8 Å². The molecule has 200 valence electrons. The molecule has 2 fully saturated rings. The quantitative estimate of drug-likeness (QED) is 0.432. The number of anilines is 1. The van der Waals surface area contributed by atoms with E-state index in [4.69, 9.17) is 4.74 Å². The number of hydrogen-bond donors (Lipinski definition) is 0. The van der Waals surface area contributed by atoms with E-state index in [9.17, 15) is 14.4 Å². The molecule has 1 aliphatic carbocycles. The lowest BCUT2D eigenvalue weighted by atomic mass is 9.92. The monoisotopic (exact) mass is 523 g/mol. The lowest BCUT2D eigenvalue weighted by Crippen LogP contribution is -2.45. The van der Waals surface area contributed by atoms with Gasteiger partial charge in [-0.25, -0.2) is 0 Å². The van der Waals surface area contributed by atoms with E-state index in [1.54, 1.807) is 11.0 Å². The molecule has 2 heterocycles. The number of nitrogens with zero attached hydrogens (tertiary/aromatic N) is 3. The maximum Gasteiger partial charge on any atom is 0.255 e. The normalized spacial score (nSPS) is 19.9. The Labute approximate surface area is 229 Å². The molecule has 3 aromatic rings. The topological polar surface area (TPSA) is 70.2 Å². The van der Waals surface area contributed by atoms with Crippen molar-refractivity contribution < 1.29 is 19.1 Å². The van der Waals surface area contributed by atoms with E-state index in [-0.39, 0.29) is 23.9 Å². The summed E-state index contributed by atoms with van der Waals surface area (Å²) in [6.45, 7) is 5.81. The fraction of sp³-hybridized carbons (Fsp3) is 0.344. The first-order valence-corrected chi connectivity index (χ1v) is 13.8. The summed E-state index contributed by atoms with van der Waals surface area (Å²) in [5.41, 5.74) is 5.04. The maximum absolute atomic E-state index is 13.1. The highest BCUT2D eigenvalue weighted by Gasteiger charge is 2.40. The Balaban J connectivity index is 1.03. The van der Waals surface area contributed by atoms with Gasteiger partial charge in [0.25, 0.3) is 5.91 Å².